The number of hydrogen-bond donors (Lipinski definition) is 4. The Hall–Kier alpha value is -1.99. The summed E-state index contributed by atoms with van der Waals surface area (Å²) in [5.41, 5.74) is 0.363. The van der Waals surface area contributed by atoms with Crippen LogP contribution >= 0.6 is 11.6 Å². The number of carbonyl (C=O) groups excluding carboxylic acids is 1. The Morgan fingerprint density at radius 1 is 1.45 bits per heavy atom. The number of aliphatic hydroxyl groups is 1. The van der Waals surface area contributed by atoms with Crippen molar-refractivity contribution in [2.75, 3.05) is 19.0 Å². The van der Waals surface area contributed by atoms with E-state index in [0.717, 1.165) is 0 Å². The van der Waals surface area contributed by atoms with E-state index in [1.807, 2.05) is 0 Å². The largest absolute Gasteiger partial charge is 0.497 e. The van der Waals surface area contributed by atoms with Crippen molar-refractivity contribution >= 4 is 29.3 Å². The number of halogens is 1. The number of urea groups is 1. The fourth-order valence-corrected chi connectivity index (χ4v) is 1.50. The van der Waals surface area contributed by atoms with Crippen LogP contribution in [0, 0.1) is 0 Å². The molecule has 0 bridgehead atoms. The van der Waals surface area contributed by atoms with Crippen molar-refractivity contribution in [3.8, 4) is 5.75 Å². The van der Waals surface area contributed by atoms with Crippen molar-refractivity contribution in [3.05, 3.63) is 23.2 Å². The quantitative estimate of drug-likeness (QED) is 0.633. The molecule has 0 aromatic heterocycles. The number of nitrogens with one attached hydrogen (secondary N) is 2. The van der Waals surface area contributed by atoms with Crippen molar-refractivity contribution in [1.82, 2.24) is 5.32 Å². The maximum Gasteiger partial charge on any atom is 0.332 e. The first-order chi connectivity index (χ1) is 9.43. The van der Waals surface area contributed by atoms with E-state index in [0.29, 0.717) is 16.5 Å². The Labute approximate surface area is 120 Å². The monoisotopic (exact) mass is 302 g/mol. The summed E-state index contributed by atoms with van der Waals surface area (Å²) in [5.74, 6) is -0.797. The van der Waals surface area contributed by atoms with Crippen LogP contribution in [0.15, 0.2) is 18.2 Å². The van der Waals surface area contributed by atoms with Gasteiger partial charge in [-0.15, -0.1) is 0 Å². The smallest absolute Gasteiger partial charge is 0.332 e. The minimum Gasteiger partial charge on any atom is -0.497 e. The van der Waals surface area contributed by atoms with Gasteiger partial charge in [-0.25, -0.2) is 9.59 Å². The molecule has 8 heteroatoms. The minimum atomic E-state index is -1.50. The van der Waals surface area contributed by atoms with Crippen LogP contribution in [0.2, 0.25) is 5.02 Å². The number of hydrogen-bond acceptors (Lipinski definition) is 4. The van der Waals surface area contributed by atoms with Crippen molar-refractivity contribution in [1.29, 1.82) is 0 Å². The van der Waals surface area contributed by atoms with E-state index in [4.69, 9.17) is 26.6 Å². The molecule has 1 rings (SSSR count). The summed E-state index contributed by atoms with van der Waals surface area (Å²) in [7, 11) is 1.49. The zero-order valence-electron chi connectivity index (χ0n) is 10.7. The highest BCUT2D eigenvalue weighted by atomic mass is 35.5. The van der Waals surface area contributed by atoms with Crippen molar-refractivity contribution < 1.29 is 24.5 Å². The first-order valence-electron chi connectivity index (χ1n) is 5.73. The zero-order valence-corrected chi connectivity index (χ0v) is 11.5. The molecule has 1 aromatic rings. The summed E-state index contributed by atoms with van der Waals surface area (Å²) in [6, 6.07) is 4.21. The highest BCUT2D eigenvalue weighted by molar-refractivity contribution is 6.33. The highest BCUT2D eigenvalue weighted by Gasteiger charge is 2.13. The lowest BCUT2D eigenvalue weighted by Crippen LogP contribution is -2.33. The van der Waals surface area contributed by atoms with Crippen LogP contribution in [-0.2, 0) is 4.79 Å². The van der Waals surface area contributed by atoms with E-state index in [2.05, 4.69) is 10.6 Å². The van der Waals surface area contributed by atoms with Gasteiger partial charge in [-0.1, -0.05) is 11.6 Å². The summed E-state index contributed by atoms with van der Waals surface area (Å²) in [6.45, 7) is 0.0148. The number of methoxy groups -OCH3 is 1. The SMILES string of the molecule is COc1ccc(Cl)c(NC(=O)NCC[C@H](O)C(=O)O)c1. The molecule has 2 amide bonds. The lowest BCUT2D eigenvalue weighted by atomic mass is 10.2. The second-order valence-corrected chi connectivity index (χ2v) is 4.28. The van der Waals surface area contributed by atoms with E-state index in [1.54, 1.807) is 18.2 Å². The van der Waals surface area contributed by atoms with E-state index < -0.39 is 18.1 Å². The van der Waals surface area contributed by atoms with E-state index in [9.17, 15) is 9.59 Å². The molecule has 0 unspecified atom stereocenters. The molecule has 0 saturated carbocycles. The Kier molecular flexibility index (Phi) is 6.08. The number of carboxylic acid groups (broad SMARTS) is 1. The molecule has 0 fully saturated rings. The normalized spacial score (nSPS) is 11.6. The number of anilines is 1. The lowest BCUT2D eigenvalue weighted by molar-refractivity contribution is -0.146. The van der Waals surface area contributed by atoms with Gasteiger partial charge in [0.05, 0.1) is 17.8 Å². The number of rotatable bonds is 6. The number of aliphatic hydroxyl groups excluding tert-OH is 1. The van der Waals surface area contributed by atoms with Gasteiger partial charge in [-0.05, 0) is 12.1 Å². The summed E-state index contributed by atoms with van der Waals surface area (Å²) < 4.78 is 5.00. The molecule has 0 aliphatic rings. The predicted octanol–water partition coefficient (Wildman–Crippen LogP) is 1.31. The maximum absolute atomic E-state index is 11.6. The average molecular weight is 303 g/mol. The van der Waals surface area contributed by atoms with Crippen LogP contribution in [0.3, 0.4) is 0 Å². The number of aliphatic carboxylic acids is 1. The van der Waals surface area contributed by atoms with Gasteiger partial charge in [-0.3, -0.25) is 0 Å². The van der Waals surface area contributed by atoms with Gasteiger partial charge in [0.1, 0.15) is 5.75 Å². The van der Waals surface area contributed by atoms with Gasteiger partial charge in [0.25, 0.3) is 0 Å². The number of amides is 2. The molecular weight excluding hydrogens is 288 g/mol. The van der Waals surface area contributed by atoms with Crippen LogP contribution in [-0.4, -0.2) is 42.0 Å². The third-order valence-electron chi connectivity index (χ3n) is 2.41. The Bertz CT molecular complexity index is 495. The van der Waals surface area contributed by atoms with Crippen molar-refractivity contribution in [2.45, 2.75) is 12.5 Å². The molecular formula is C12H15ClN2O5. The van der Waals surface area contributed by atoms with E-state index in [-0.39, 0.29) is 13.0 Å². The van der Waals surface area contributed by atoms with Gasteiger partial charge in [0.15, 0.2) is 6.10 Å². The molecule has 4 N–H and O–H groups in total. The van der Waals surface area contributed by atoms with Gasteiger partial charge < -0.3 is 25.6 Å². The lowest BCUT2D eigenvalue weighted by Gasteiger charge is -2.11. The number of carbonyl (C=O) groups is 2. The molecule has 1 aromatic carbocycles. The third kappa shape index (κ3) is 4.94. The first kappa shape index (κ1) is 16.1. The molecule has 0 saturated heterocycles. The summed E-state index contributed by atoms with van der Waals surface area (Å²) in [4.78, 5) is 21.9. The van der Waals surface area contributed by atoms with Crippen LogP contribution in [0.4, 0.5) is 10.5 Å². The highest BCUT2D eigenvalue weighted by Crippen LogP contribution is 2.26. The molecule has 20 heavy (non-hydrogen) atoms. The summed E-state index contributed by atoms with van der Waals surface area (Å²) in [5, 5.41) is 22.7. The molecule has 0 aliphatic carbocycles. The fraction of sp³-hybridized carbons (Fsp3) is 0.333. The third-order valence-corrected chi connectivity index (χ3v) is 2.74. The molecule has 0 radical (unpaired) electrons. The molecule has 1 atom stereocenters. The van der Waals surface area contributed by atoms with Crippen LogP contribution in [0.25, 0.3) is 0 Å². The number of ether oxygens (including phenoxy) is 1. The molecule has 7 nitrogen and oxygen atoms in total. The van der Waals surface area contributed by atoms with Crippen molar-refractivity contribution in [2.24, 2.45) is 0 Å². The Morgan fingerprint density at radius 2 is 2.15 bits per heavy atom. The molecule has 110 valence electrons. The van der Waals surface area contributed by atoms with Gasteiger partial charge in [0.2, 0.25) is 0 Å². The second-order valence-electron chi connectivity index (χ2n) is 3.87. The average Bonchev–Trinajstić information content (AvgIpc) is 2.41. The standard InChI is InChI=1S/C12H15ClN2O5/c1-20-7-2-3-8(13)9(6-7)15-12(19)14-5-4-10(16)11(17)18/h2-3,6,10,16H,4-5H2,1H3,(H,17,18)(H2,14,15,19)/t10-/m0/s1. The molecule has 0 aliphatic heterocycles. The van der Waals surface area contributed by atoms with Gasteiger partial charge in [-0.2, -0.15) is 0 Å². The van der Waals surface area contributed by atoms with Crippen LogP contribution < -0.4 is 15.4 Å². The maximum atomic E-state index is 11.6. The summed E-state index contributed by atoms with van der Waals surface area (Å²) >= 11 is 5.91. The van der Waals surface area contributed by atoms with Gasteiger partial charge in [0, 0.05) is 19.0 Å². The zero-order chi connectivity index (χ0) is 15.1. The minimum absolute atomic E-state index is 0.0148. The fourth-order valence-electron chi connectivity index (χ4n) is 1.34. The second kappa shape index (κ2) is 7.56. The molecule has 0 heterocycles. The van der Waals surface area contributed by atoms with E-state index in [1.165, 1.54) is 7.11 Å². The van der Waals surface area contributed by atoms with Crippen molar-refractivity contribution in [3.63, 3.8) is 0 Å². The van der Waals surface area contributed by atoms with Crippen LogP contribution in [0.5, 0.6) is 5.75 Å². The Morgan fingerprint density at radius 3 is 2.75 bits per heavy atom. The number of benzene rings is 1. The topological polar surface area (TPSA) is 108 Å². The predicted molar refractivity (Wildman–Crippen MR) is 73.3 cm³/mol. The van der Waals surface area contributed by atoms with E-state index >= 15 is 0 Å². The Balaban J connectivity index is 2.48. The summed E-state index contributed by atoms with van der Waals surface area (Å²) in [6.07, 6.45) is -1.59. The van der Waals surface area contributed by atoms with Crippen LogP contribution in [0.1, 0.15) is 6.42 Å². The molecule has 0 spiro atoms. The first-order valence-corrected chi connectivity index (χ1v) is 6.11. The van der Waals surface area contributed by atoms with Gasteiger partial charge >= 0.3 is 12.0 Å². The number of carboxylic acids is 1.